The van der Waals surface area contributed by atoms with Crippen molar-refractivity contribution in [3.05, 3.63) is 58.6 Å². The van der Waals surface area contributed by atoms with Gasteiger partial charge in [-0.25, -0.2) is 16.8 Å². The molecule has 2 aromatic carbocycles. The van der Waals surface area contributed by atoms with Crippen LogP contribution in [-0.2, 0) is 20.0 Å². The van der Waals surface area contributed by atoms with Crippen LogP contribution in [0, 0.1) is 0 Å². The largest absolute Gasteiger partial charge is 0.243 e. The Morgan fingerprint density at radius 2 is 1.37 bits per heavy atom. The highest BCUT2D eigenvalue weighted by Gasteiger charge is 2.38. The SMILES string of the molecule is C[C@H]1CN(S(=O)(=O)c2cccc(Cl)c2)CCN1S(=O)(=O)c1cccc(Cl)c1. The Morgan fingerprint density at radius 3 is 1.85 bits per heavy atom. The van der Waals surface area contributed by atoms with E-state index in [1.807, 2.05) is 0 Å². The third kappa shape index (κ3) is 4.16. The van der Waals surface area contributed by atoms with Crippen LogP contribution in [0.5, 0.6) is 0 Å². The van der Waals surface area contributed by atoms with Gasteiger partial charge < -0.3 is 0 Å². The molecule has 10 heteroatoms. The zero-order chi connectivity index (χ0) is 19.8. The van der Waals surface area contributed by atoms with Crippen LogP contribution in [0.25, 0.3) is 0 Å². The fourth-order valence-electron chi connectivity index (χ4n) is 3.02. The zero-order valence-corrected chi connectivity index (χ0v) is 17.6. The molecule has 0 amide bonds. The molecule has 27 heavy (non-hydrogen) atoms. The van der Waals surface area contributed by atoms with Crippen molar-refractivity contribution in [3.8, 4) is 0 Å². The Labute approximate surface area is 169 Å². The van der Waals surface area contributed by atoms with Crippen molar-refractivity contribution in [1.82, 2.24) is 8.61 Å². The predicted octanol–water partition coefficient (Wildman–Crippen LogP) is 3.08. The lowest BCUT2D eigenvalue weighted by Gasteiger charge is -2.38. The molecular formula is C17H18Cl2N2O4S2. The highest BCUT2D eigenvalue weighted by Crippen LogP contribution is 2.27. The summed E-state index contributed by atoms with van der Waals surface area (Å²) in [5.41, 5.74) is 0. The van der Waals surface area contributed by atoms with Crippen LogP contribution in [0.2, 0.25) is 10.0 Å². The Bertz CT molecular complexity index is 1060. The maximum atomic E-state index is 12.9. The number of sulfonamides is 2. The van der Waals surface area contributed by atoms with Gasteiger partial charge in [-0.3, -0.25) is 0 Å². The normalized spacial score (nSPS) is 19.9. The van der Waals surface area contributed by atoms with Gasteiger partial charge in [-0.1, -0.05) is 35.3 Å². The fourth-order valence-corrected chi connectivity index (χ4v) is 6.75. The monoisotopic (exact) mass is 448 g/mol. The van der Waals surface area contributed by atoms with E-state index >= 15 is 0 Å². The molecule has 0 unspecified atom stereocenters. The van der Waals surface area contributed by atoms with E-state index in [1.165, 1.54) is 32.9 Å². The maximum Gasteiger partial charge on any atom is 0.243 e. The lowest BCUT2D eigenvalue weighted by atomic mass is 10.3. The van der Waals surface area contributed by atoms with Crippen molar-refractivity contribution in [3.63, 3.8) is 0 Å². The Hall–Kier alpha value is -1.16. The number of rotatable bonds is 4. The topological polar surface area (TPSA) is 74.8 Å². The summed E-state index contributed by atoms with van der Waals surface area (Å²) in [4.78, 5) is 0.182. The smallest absolute Gasteiger partial charge is 0.207 e. The van der Waals surface area contributed by atoms with Crippen LogP contribution in [0.4, 0.5) is 0 Å². The summed E-state index contributed by atoms with van der Waals surface area (Å²) < 4.78 is 54.1. The van der Waals surface area contributed by atoms with E-state index in [0.29, 0.717) is 10.0 Å². The van der Waals surface area contributed by atoms with Gasteiger partial charge in [-0.15, -0.1) is 0 Å². The Morgan fingerprint density at radius 1 is 0.852 bits per heavy atom. The summed E-state index contributed by atoms with van der Waals surface area (Å²) in [6, 6.07) is 11.5. The van der Waals surface area contributed by atoms with Crippen molar-refractivity contribution in [2.24, 2.45) is 0 Å². The highest BCUT2D eigenvalue weighted by molar-refractivity contribution is 7.89. The number of halogens is 2. The molecule has 1 fully saturated rings. The average molecular weight is 449 g/mol. The van der Waals surface area contributed by atoms with Gasteiger partial charge in [-0.05, 0) is 43.3 Å². The summed E-state index contributed by atoms with van der Waals surface area (Å²) in [6.07, 6.45) is 0. The van der Waals surface area contributed by atoms with Crippen LogP contribution in [0.3, 0.4) is 0 Å². The van der Waals surface area contributed by atoms with Crippen LogP contribution in [0.1, 0.15) is 6.92 Å². The maximum absolute atomic E-state index is 12.9. The van der Waals surface area contributed by atoms with E-state index in [1.54, 1.807) is 31.2 Å². The minimum Gasteiger partial charge on any atom is -0.207 e. The van der Waals surface area contributed by atoms with E-state index in [-0.39, 0.29) is 29.4 Å². The predicted molar refractivity (Wildman–Crippen MR) is 105 cm³/mol. The number of hydrogen-bond donors (Lipinski definition) is 0. The molecule has 0 aromatic heterocycles. The molecule has 1 aliphatic heterocycles. The standard InChI is InChI=1S/C17H18Cl2N2O4S2/c1-13-12-20(26(22,23)16-6-2-4-14(18)10-16)8-9-21(13)27(24,25)17-7-3-5-15(19)11-17/h2-7,10-11,13H,8-9,12H2,1H3/t13-/m0/s1. The van der Waals surface area contributed by atoms with E-state index in [4.69, 9.17) is 23.2 Å². The lowest BCUT2D eigenvalue weighted by molar-refractivity contribution is 0.212. The molecule has 3 rings (SSSR count). The highest BCUT2D eigenvalue weighted by atomic mass is 35.5. The van der Waals surface area contributed by atoms with Gasteiger partial charge in [0.1, 0.15) is 0 Å². The Kier molecular flexibility index (Phi) is 5.86. The molecule has 1 saturated heterocycles. The van der Waals surface area contributed by atoms with Gasteiger partial charge in [0.15, 0.2) is 0 Å². The van der Waals surface area contributed by atoms with Gasteiger partial charge in [-0.2, -0.15) is 8.61 Å². The number of piperazine rings is 1. The third-order valence-electron chi connectivity index (χ3n) is 4.37. The van der Waals surface area contributed by atoms with Crippen LogP contribution >= 0.6 is 23.2 Å². The molecule has 0 aliphatic carbocycles. The van der Waals surface area contributed by atoms with Crippen molar-refractivity contribution >= 4 is 43.2 Å². The third-order valence-corrected chi connectivity index (χ3v) is 8.71. The fraction of sp³-hybridized carbons (Fsp3) is 0.294. The number of benzene rings is 2. The summed E-state index contributed by atoms with van der Waals surface area (Å²) in [5.74, 6) is 0. The first kappa shape index (κ1) is 20.6. The minimum atomic E-state index is -3.77. The summed E-state index contributed by atoms with van der Waals surface area (Å²) >= 11 is 11.8. The van der Waals surface area contributed by atoms with Crippen molar-refractivity contribution in [2.45, 2.75) is 22.8 Å². The first-order valence-corrected chi connectivity index (χ1v) is 11.8. The summed E-state index contributed by atoms with van der Waals surface area (Å²) in [7, 11) is -7.52. The average Bonchev–Trinajstić information content (AvgIpc) is 2.61. The lowest BCUT2D eigenvalue weighted by Crippen LogP contribution is -2.55. The Balaban J connectivity index is 1.84. The van der Waals surface area contributed by atoms with Gasteiger partial charge in [0.05, 0.1) is 9.79 Å². The van der Waals surface area contributed by atoms with E-state index in [0.717, 1.165) is 0 Å². The van der Waals surface area contributed by atoms with E-state index in [2.05, 4.69) is 0 Å². The molecule has 2 aromatic rings. The molecule has 0 saturated carbocycles. The van der Waals surface area contributed by atoms with Crippen molar-refractivity contribution in [1.29, 1.82) is 0 Å². The molecule has 146 valence electrons. The van der Waals surface area contributed by atoms with Gasteiger partial charge in [0.2, 0.25) is 20.0 Å². The van der Waals surface area contributed by atoms with Gasteiger partial charge in [0, 0.05) is 35.7 Å². The summed E-state index contributed by atoms with van der Waals surface area (Å²) in [5, 5.41) is 0.650. The molecular weight excluding hydrogens is 431 g/mol. The zero-order valence-electron chi connectivity index (χ0n) is 14.4. The van der Waals surface area contributed by atoms with Crippen LogP contribution in [-0.4, -0.2) is 51.1 Å². The minimum absolute atomic E-state index is 0.0502. The molecule has 6 nitrogen and oxygen atoms in total. The van der Waals surface area contributed by atoms with Crippen LogP contribution < -0.4 is 0 Å². The molecule has 0 spiro atoms. The summed E-state index contributed by atoms with van der Waals surface area (Å²) in [6.45, 7) is 1.84. The quantitative estimate of drug-likeness (QED) is 0.719. The van der Waals surface area contributed by atoms with E-state index in [9.17, 15) is 16.8 Å². The number of nitrogens with zero attached hydrogens (tertiary/aromatic N) is 2. The van der Waals surface area contributed by atoms with Gasteiger partial charge in [0.25, 0.3) is 0 Å². The molecule has 1 aliphatic rings. The van der Waals surface area contributed by atoms with Crippen LogP contribution in [0.15, 0.2) is 58.3 Å². The molecule has 0 bridgehead atoms. The van der Waals surface area contributed by atoms with E-state index < -0.39 is 26.1 Å². The molecule has 1 heterocycles. The second kappa shape index (κ2) is 7.69. The van der Waals surface area contributed by atoms with Crippen molar-refractivity contribution < 1.29 is 16.8 Å². The molecule has 0 N–H and O–H groups in total. The van der Waals surface area contributed by atoms with Gasteiger partial charge >= 0.3 is 0 Å². The molecule has 1 atom stereocenters. The second-order valence-corrected chi connectivity index (χ2v) is 10.9. The molecule has 0 radical (unpaired) electrons. The first-order valence-electron chi connectivity index (χ1n) is 8.15. The second-order valence-electron chi connectivity index (χ2n) is 6.24. The number of hydrogen-bond acceptors (Lipinski definition) is 4. The van der Waals surface area contributed by atoms with Crippen molar-refractivity contribution in [2.75, 3.05) is 19.6 Å². The first-order chi connectivity index (χ1) is 12.6.